The third kappa shape index (κ3) is 3.11. The van der Waals surface area contributed by atoms with Crippen LogP contribution < -0.4 is 16.0 Å². The minimum absolute atomic E-state index is 0.0993. The molecule has 19 heavy (non-hydrogen) atoms. The van der Waals surface area contributed by atoms with Crippen LogP contribution in [-0.4, -0.2) is 5.91 Å². The van der Waals surface area contributed by atoms with E-state index in [9.17, 15) is 9.18 Å². The molecule has 5 nitrogen and oxygen atoms in total. The third-order valence-electron chi connectivity index (χ3n) is 2.52. The van der Waals surface area contributed by atoms with Gasteiger partial charge in [0.25, 0.3) is 5.91 Å². The molecule has 0 spiro atoms. The van der Waals surface area contributed by atoms with Crippen LogP contribution in [0.15, 0.2) is 34.7 Å². The standard InChI is InChI=1S/C13H13FN2O3/c1-8-12(13(17)16-15)6-11(19-8)7-18-10-4-2-3-9(14)5-10/h2-6H,7,15H2,1H3,(H,16,17). The molecule has 100 valence electrons. The summed E-state index contributed by atoms with van der Waals surface area (Å²) >= 11 is 0. The second-order valence-corrected chi connectivity index (χ2v) is 3.90. The summed E-state index contributed by atoms with van der Waals surface area (Å²) in [5.74, 6) is 5.53. The van der Waals surface area contributed by atoms with E-state index >= 15 is 0 Å². The number of nitrogen functional groups attached to an aromatic ring is 1. The molecule has 1 aromatic carbocycles. The number of carbonyl (C=O) groups is 1. The van der Waals surface area contributed by atoms with Crippen molar-refractivity contribution in [1.29, 1.82) is 0 Å². The van der Waals surface area contributed by atoms with E-state index in [4.69, 9.17) is 15.0 Å². The highest BCUT2D eigenvalue weighted by atomic mass is 19.1. The molecule has 0 aliphatic heterocycles. The maximum Gasteiger partial charge on any atom is 0.268 e. The van der Waals surface area contributed by atoms with Gasteiger partial charge in [-0.05, 0) is 25.1 Å². The molecule has 1 aromatic heterocycles. The van der Waals surface area contributed by atoms with Gasteiger partial charge < -0.3 is 9.15 Å². The first kappa shape index (κ1) is 13.1. The second-order valence-electron chi connectivity index (χ2n) is 3.90. The van der Waals surface area contributed by atoms with E-state index in [1.165, 1.54) is 18.2 Å². The first-order valence-corrected chi connectivity index (χ1v) is 5.59. The number of ether oxygens (including phenoxy) is 1. The van der Waals surface area contributed by atoms with Crippen molar-refractivity contribution in [2.75, 3.05) is 0 Å². The fraction of sp³-hybridized carbons (Fsp3) is 0.154. The lowest BCUT2D eigenvalue weighted by Crippen LogP contribution is -2.30. The fourth-order valence-corrected chi connectivity index (χ4v) is 1.63. The lowest BCUT2D eigenvalue weighted by Gasteiger charge is -2.03. The number of halogens is 1. The molecule has 0 saturated heterocycles. The van der Waals surface area contributed by atoms with Gasteiger partial charge >= 0.3 is 0 Å². The van der Waals surface area contributed by atoms with E-state index in [-0.39, 0.29) is 12.4 Å². The normalized spacial score (nSPS) is 10.3. The first-order valence-electron chi connectivity index (χ1n) is 5.59. The number of carbonyl (C=O) groups excluding carboxylic acids is 1. The Morgan fingerprint density at radius 1 is 1.47 bits per heavy atom. The Morgan fingerprint density at radius 2 is 2.26 bits per heavy atom. The Morgan fingerprint density at radius 3 is 2.95 bits per heavy atom. The van der Waals surface area contributed by atoms with Crippen LogP contribution in [0.25, 0.3) is 0 Å². The summed E-state index contributed by atoms with van der Waals surface area (Å²) in [5.41, 5.74) is 2.37. The predicted octanol–water partition coefficient (Wildman–Crippen LogP) is 1.91. The molecule has 3 N–H and O–H groups in total. The fourth-order valence-electron chi connectivity index (χ4n) is 1.63. The Bertz CT molecular complexity index is 595. The summed E-state index contributed by atoms with van der Waals surface area (Å²) in [4.78, 5) is 11.4. The number of aryl methyl sites for hydroxylation is 1. The number of amides is 1. The van der Waals surface area contributed by atoms with Crippen molar-refractivity contribution in [1.82, 2.24) is 5.43 Å². The molecule has 2 rings (SSSR count). The zero-order valence-electron chi connectivity index (χ0n) is 10.3. The number of nitrogens with one attached hydrogen (secondary N) is 1. The van der Waals surface area contributed by atoms with Gasteiger partial charge in [-0.1, -0.05) is 6.07 Å². The highest BCUT2D eigenvalue weighted by molar-refractivity contribution is 5.94. The van der Waals surface area contributed by atoms with Crippen molar-refractivity contribution in [3.63, 3.8) is 0 Å². The second kappa shape index (κ2) is 5.53. The van der Waals surface area contributed by atoms with Gasteiger partial charge in [0.1, 0.15) is 29.7 Å². The van der Waals surface area contributed by atoms with Gasteiger partial charge in [0, 0.05) is 6.07 Å². The maximum atomic E-state index is 12.9. The largest absolute Gasteiger partial charge is 0.486 e. The van der Waals surface area contributed by atoms with E-state index < -0.39 is 5.91 Å². The summed E-state index contributed by atoms with van der Waals surface area (Å²) in [7, 11) is 0. The Balaban J connectivity index is 2.06. The highest BCUT2D eigenvalue weighted by Gasteiger charge is 2.14. The molecule has 0 unspecified atom stereocenters. The molecule has 1 amide bonds. The molecule has 1 heterocycles. The first-order chi connectivity index (χ1) is 9.10. The van der Waals surface area contributed by atoms with Crippen LogP contribution >= 0.6 is 0 Å². The van der Waals surface area contributed by atoms with Crippen molar-refractivity contribution in [3.8, 4) is 5.75 Å². The molecule has 0 aliphatic rings. The summed E-state index contributed by atoms with van der Waals surface area (Å²) in [6.45, 7) is 1.75. The zero-order valence-corrected chi connectivity index (χ0v) is 10.3. The number of benzene rings is 1. The van der Waals surface area contributed by atoms with E-state index in [0.29, 0.717) is 22.8 Å². The molecule has 0 bridgehead atoms. The molecule has 0 atom stereocenters. The number of furan rings is 1. The monoisotopic (exact) mass is 264 g/mol. The van der Waals surface area contributed by atoms with Gasteiger partial charge in [-0.25, -0.2) is 10.2 Å². The van der Waals surface area contributed by atoms with E-state index in [1.807, 2.05) is 5.43 Å². The topological polar surface area (TPSA) is 77.5 Å². The molecule has 2 aromatic rings. The van der Waals surface area contributed by atoms with Gasteiger partial charge in [0.05, 0.1) is 5.56 Å². The maximum absolute atomic E-state index is 12.9. The van der Waals surface area contributed by atoms with Crippen molar-refractivity contribution in [3.05, 3.63) is 53.2 Å². The average Bonchev–Trinajstić information content (AvgIpc) is 2.77. The van der Waals surface area contributed by atoms with Crippen molar-refractivity contribution in [2.45, 2.75) is 13.5 Å². The van der Waals surface area contributed by atoms with Crippen LogP contribution in [0.5, 0.6) is 5.75 Å². The zero-order chi connectivity index (χ0) is 13.8. The van der Waals surface area contributed by atoms with Gasteiger partial charge in [-0.15, -0.1) is 0 Å². The van der Waals surface area contributed by atoms with Crippen molar-refractivity contribution < 1.29 is 18.3 Å². The molecular formula is C13H13FN2O3. The Hall–Kier alpha value is -2.34. The van der Waals surface area contributed by atoms with Crippen LogP contribution in [0.4, 0.5) is 4.39 Å². The summed E-state index contributed by atoms with van der Waals surface area (Å²) in [5, 5.41) is 0. The Labute approximate surface area is 109 Å². The van der Waals surface area contributed by atoms with Crippen LogP contribution in [-0.2, 0) is 6.61 Å². The lowest BCUT2D eigenvalue weighted by molar-refractivity contribution is 0.0952. The van der Waals surface area contributed by atoms with Crippen molar-refractivity contribution >= 4 is 5.91 Å². The number of nitrogens with two attached hydrogens (primary N) is 1. The van der Waals surface area contributed by atoms with E-state index in [0.717, 1.165) is 0 Å². The molecular weight excluding hydrogens is 251 g/mol. The van der Waals surface area contributed by atoms with Gasteiger partial charge in [0.2, 0.25) is 0 Å². The van der Waals surface area contributed by atoms with Crippen LogP contribution in [0.1, 0.15) is 21.9 Å². The molecule has 0 saturated carbocycles. The summed E-state index contributed by atoms with van der Waals surface area (Å²) < 4.78 is 23.7. The van der Waals surface area contributed by atoms with Crippen LogP contribution in [0, 0.1) is 12.7 Å². The summed E-state index contributed by atoms with van der Waals surface area (Å²) in [6.07, 6.45) is 0. The molecule has 0 radical (unpaired) electrons. The lowest BCUT2D eigenvalue weighted by atomic mass is 10.2. The number of hydrogen-bond donors (Lipinski definition) is 2. The number of hydrazine groups is 1. The van der Waals surface area contributed by atoms with Crippen LogP contribution in [0.2, 0.25) is 0 Å². The van der Waals surface area contributed by atoms with Gasteiger partial charge in [-0.2, -0.15) is 0 Å². The predicted molar refractivity (Wildman–Crippen MR) is 65.8 cm³/mol. The van der Waals surface area contributed by atoms with Gasteiger partial charge in [-0.3, -0.25) is 10.2 Å². The SMILES string of the molecule is Cc1oc(COc2cccc(F)c2)cc1C(=O)NN. The number of hydrogen-bond acceptors (Lipinski definition) is 4. The smallest absolute Gasteiger partial charge is 0.268 e. The average molecular weight is 264 g/mol. The Kier molecular flexibility index (Phi) is 3.82. The van der Waals surface area contributed by atoms with Gasteiger partial charge in [0.15, 0.2) is 0 Å². The molecule has 6 heteroatoms. The van der Waals surface area contributed by atoms with Crippen LogP contribution in [0.3, 0.4) is 0 Å². The highest BCUT2D eigenvalue weighted by Crippen LogP contribution is 2.18. The third-order valence-corrected chi connectivity index (χ3v) is 2.52. The minimum Gasteiger partial charge on any atom is -0.486 e. The van der Waals surface area contributed by atoms with Crippen molar-refractivity contribution in [2.24, 2.45) is 5.84 Å². The van der Waals surface area contributed by atoms with E-state index in [1.54, 1.807) is 19.1 Å². The summed E-state index contributed by atoms with van der Waals surface area (Å²) in [6, 6.07) is 7.31. The molecule has 0 fully saturated rings. The van der Waals surface area contributed by atoms with E-state index in [2.05, 4.69) is 0 Å². The number of rotatable bonds is 4. The minimum atomic E-state index is -0.432. The quantitative estimate of drug-likeness (QED) is 0.502. The molecule has 0 aliphatic carbocycles.